The van der Waals surface area contributed by atoms with Crippen LogP contribution in [0.25, 0.3) is 0 Å². The van der Waals surface area contributed by atoms with E-state index in [0.29, 0.717) is 10.0 Å². The number of nitrogens with one attached hydrogen (secondary N) is 1. The van der Waals surface area contributed by atoms with Gasteiger partial charge in [-0.15, -0.1) is 0 Å². The lowest BCUT2D eigenvalue weighted by Crippen LogP contribution is -2.40. The first-order valence-electron chi connectivity index (χ1n) is 10.2. The molecule has 0 bridgehead atoms. The molecular weight excluding hydrogens is 405 g/mol. The number of nitrogens with zero attached hydrogens (tertiary/aromatic N) is 2. The second-order valence-electron chi connectivity index (χ2n) is 7.70. The van der Waals surface area contributed by atoms with E-state index in [2.05, 4.69) is 34.3 Å². The summed E-state index contributed by atoms with van der Waals surface area (Å²) in [6.45, 7) is 4.34. The third-order valence-corrected chi connectivity index (χ3v) is 6.25. The number of benzene rings is 2. The van der Waals surface area contributed by atoms with E-state index in [4.69, 9.17) is 23.2 Å². The molecule has 2 aromatic rings. The number of rotatable bonds is 8. The molecule has 29 heavy (non-hydrogen) atoms. The quantitative estimate of drug-likeness (QED) is 0.604. The van der Waals surface area contributed by atoms with Crippen LogP contribution in [0.3, 0.4) is 0 Å². The van der Waals surface area contributed by atoms with Crippen LogP contribution in [0.4, 0.5) is 5.69 Å². The van der Waals surface area contributed by atoms with Crippen LogP contribution in [0.15, 0.2) is 48.5 Å². The van der Waals surface area contributed by atoms with Crippen LogP contribution < -0.4 is 10.2 Å². The molecule has 4 nitrogen and oxygen atoms in total. The molecule has 1 fully saturated rings. The summed E-state index contributed by atoms with van der Waals surface area (Å²) in [7, 11) is 2.08. The molecule has 0 radical (unpaired) electrons. The number of carbonyl (C=O) groups is 1. The van der Waals surface area contributed by atoms with Crippen LogP contribution in [-0.4, -0.2) is 44.0 Å². The van der Waals surface area contributed by atoms with Crippen molar-refractivity contribution in [2.75, 3.05) is 38.1 Å². The minimum absolute atomic E-state index is 0.118. The molecule has 0 aromatic heterocycles. The molecule has 156 valence electrons. The van der Waals surface area contributed by atoms with Gasteiger partial charge in [0.15, 0.2) is 0 Å². The highest BCUT2D eigenvalue weighted by molar-refractivity contribution is 6.42. The Morgan fingerprint density at radius 1 is 1.10 bits per heavy atom. The van der Waals surface area contributed by atoms with Crippen LogP contribution in [0.2, 0.25) is 10.0 Å². The van der Waals surface area contributed by atoms with Crippen LogP contribution >= 0.6 is 23.2 Å². The van der Waals surface area contributed by atoms with Gasteiger partial charge in [-0.25, -0.2) is 0 Å². The topological polar surface area (TPSA) is 35.6 Å². The lowest BCUT2D eigenvalue weighted by atomic mass is 9.95. The molecule has 0 aliphatic carbocycles. The molecule has 1 amide bonds. The fourth-order valence-electron chi connectivity index (χ4n) is 3.73. The van der Waals surface area contributed by atoms with Crippen molar-refractivity contribution < 1.29 is 4.79 Å². The molecule has 2 aromatic carbocycles. The summed E-state index contributed by atoms with van der Waals surface area (Å²) in [6, 6.07) is 16.1. The standard InChI is InChI=1S/C23H29Cl2N3O/c1-27(20-6-3-2-4-7-20)13-5-12-26-23(29)19-10-14-28(15-11-19)17-18-8-9-21(24)22(25)16-18/h2-4,6-9,16,19H,5,10-15,17H2,1H3,(H,26,29). The van der Waals surface area contributed by atoms with E-state index >= 15 is 0 Å². The Labute approximate surface area is 183 Å². The second kappa shape index (κ2) is 10.9. The Morgan fingerprint density at radius 3 is 2.52 bits per heavy atom. The van der Waals surface area contributed by atoms with Gasteiger partial charge in [-0.2, -0.15) is 0 Å². The highest BCUT2D eigenvalue weighted by Gasteiger charge is 2.24. The van der Waals surface area contributed by atoms with Crippen LogP contribution in [0.1, 0.15) is 24.8 Å². The number of para-hydroxylation sites is 1. The van der Waals surface area contributed by atoms with Gasteiger partial charge in [0.2, 0.25) is 5.91 Å². The minimum atomic E-state index is 0.118. The molecule has 3 rings (SSSR count). The maximum absolute atomic E-state index is 12.5. The number of piperidine rings is 1. The van der Waals surface area contributed by atoms with Gasteiger partial charge >= 0.3 is 0 Å². The lowest BCUT2D eigenvalue weighted by Gasteiger charge is -2.31. The number of halogens is 2. The summed E-state index contributed by atoms with van der Waals surface area (Å²) in [5.41, 5.74) is 2.36. The number of carbonyl (C=O) groups excluding carboxylic acids is 1. The first-order chi connectivity index (χ1) is 14.0. The van der Waals surface area contributed by atoms with E-state index in [1.165, 1.54) is 5.69 Å². The van der Waals surface area contributed by atoms with Gasteiger partial charge in [-0.05, 0) is 62.2 Å². The summed E-state index contributed by atoms with van der Waals surface area (Å²) in [5, 5.41) is 4.30. The van der Waals surface area contributed by atoms with E-state index in [9.17, 15) is 4.79 Å². The van der Waals surface area contributed by atoms with E-state index in [0.717, 1.165) is 57.5 Å². The Kier molecular flexibility index (Phi) is 8.22. The van der Waals surface area contributed by atoms with E-state index in [-0.39, 0.29) is 11.8 Å². The first-order valence-corrected chi connectivity index (χ1v) is 11.0. The van der Waals surface area contributed by atoms with Crippen molar-refractivity contribution in [2.45, 2.75) is 25.8 Å². The minimum Gasteiger partial charge on any atom is -0.375 e. The van der Waals surface area contributed by atoms with E-state index < -0.39 is 0 Å². The van der Waals surface area contributed by atoms with Crippen molar-refractivity contribution in [1.29, 1.82) is 0 Å². The van der Waals surface area contributed by atoms with Crippen molar-refractivity contribution in [2.24, 2.45) is 5.92 Å². The van der Waals surface area contributed by atoms with Crippen molar-refractivity contribution in [3.8, 4) is 0 Å². The second-order valence-corrected chi connectivity index (χ2v) is 8.51. The molecule has 1 aliphatic rings. The predicted molar refractivity (Wildman–Crippen MR) is 122 cm³/mol. The van der Waals surface area contributed by atoms with Crippen molar-refractivity contribution >= 4 is 34.8 Å². The molecule has 1 aliphatic heterocycles. The number of hydrogen-bond donors (Lipinski definition) is 1. The Balaban J connectivity index is 1.34. The van der Waals surface area contributed by atoms with Crippen LogP contribution in [-0.2, 0) is 11.3 Å². The number of anilines is 1. The zero-order chi connectivity index (χ0) is 20.6. The lowest BCUT2D eigenvalue weighted by molar-refractivity contribution is -0.126. The monoisotopic (exact) mass is 433 g/mol. The summed E-state index contributed by atoms with van der Waals surface area (Å²) in [6.07, 6.45) is 2.74. The molecule has 0 spiro atoms. The van der Waals surface area contributed by atoms with Gasteiger partial charge in [0.25, 0.3) is 0 Å². The van der Waals surface area contributed by atoms with Crippen LogP contribution in [0.5, 0.6) is 0 Å². The zero-order valence-electron chi connectivity index (χ0n) is 16.9. The first kappa shape index (κ1) is 21.9. The molecule has 0 unspecified atom stereocenters. The largest absolute Gasteiger partial charge is 0.375 e. The van der Waals surface area contributed by atoms with Crippen LogP contribution in [0, 0.1) is 5.92 Å². The third kappa shape index (κ3) is 6.63. The maximum atomic E-state index is 12.5. The van der Waals surface area contributed by atoms with Crippen molar-refractivity contribution in [3.05, 3.63) is 64.1 Å². The molecule has 1 saturated heterocycles. The highest BCUT2D eigenvalue weighted by Crippen LogP contribution is 2.25. The van der Waals surface area contributed by atoms with E-state index in [1.807, 2.05) is 36.4 Å². The highest BCUT2D eigenvalue weighted by atomic mass is 35.5. The number of amides is 1. The average molecular weight is 434 g/mol. The third-order valence-electron chi connectivity index (χ3n) is 5.52. The maximum Gasteiger partial charge on any atom is 0.223 e. The molecule has 0 saturated carbocycles. The van der Waals surface area contributed by atoms with E-state index in [1.54, 1.807) is 0 Å². The smallest absolute Gasteiger partial charge is 0.223 e. The van der Waals surface area contributed by atoms with Crippen molar-refractivity contribution in [3.63, 3.8) is 0 Å². The van der Waals surface area contributed by atoms with Gasteiger partial charge in [0, 0.05) is 38.3 Å². The van der Waals surface area contributed by atoms with Gasteiger partial charge < -0.3 is 10.2 Å². The number of likely N-dealkylation sites (tertiary alicyclic amines) is 1. The molecular formula is C23H29Cl2N3O. The summed E-state index contributed by atoms with van der Waals surface area (Å²) >= 11 is 12.1. The van der Waals surface area contributed by atoms with Gasteiger partial charge in [-0.1, -0.05) is 47.5 Å². The zero-order valence-corrected chi connectivity index (χ0v) is 18.4. The summed E-state index contributed by atoms with van der Waals surface area (Å²) in [5.74, 6) is 0.313. The fourth-order valence-corrected chi connectivity index (χ4v) is 4.05. The number of hydrogen-bond acceptors (Lipinski definition) is 3. The fraction of sp³-hybridized carbons (Fsp3) is 0.435. The average Bonchev–Trinajstić information content (AvgIpc) is 2.74. The van der Waals surface area contributed by atoms with Gasteiger partial charge in [-0.3, -0.25) is 9.69 Å². The van der Waals surface area contributed by atoms with Crippen molar-refractivity contribution in [1.82, 2.24) is 10.2 Å². The molecule has 6 heteroatoms. The van der Waals surface area contributed by atoms with Gasteiger partial charge in [0.1, 0.15) is 0 Å². The van der Waals surface area contributed by atoms with Gasteiger partial charge in [0.05, 0.1) is 10.0 Å². The SMILES string of the molecule is CN(CCCNC(=O)C1CCN(Cc2ccc(Cl)c(Cl)c2)CC1)c1ccccc1. The Bertz CT molecular complexity index is 792. The Hall–Kier alpha value is -1.75. The molecule has 0 atom stereocenters. The normalized spacial score (nSPS) is 15.3. The molecule has 1 heterocycles. The summed E-state index contributed by atoms with van der Waals surface area (Å²) in [4.78, 5) is 17.1. The Morgan fingerprint density at radius 2 is 1.83 bits per heavy atom. The summed E-state index contributed by atoms with van der Waals surface area (Å²) < 4.78 is 0. The predicted octanol–water partition coefficient (Wildman–Crippen LogP) is 4.85. The molecule has 1 N–H and O–H groups in total.